The molecule has 1 saturated heterocycles. The van der Waals surface area contributed by atoms with E-state index in [0.29, 0.717) is 37.6 Å². The Morgan fingerprint density at radius 2 is 2.24 bits per heavy atom. The van der Waals surface area contributed by atoms with Gasteiger partial charge in [0.25, 0.3) is 0 Å². The minimum Gasteiger partial charge on any atom is -0.492 e. The largest absolute Gasteiger partial charge is 0.492 e. The van der Waals surface area contributed by atoms with Gasteiger partial charge >= 0.3 is 0 Å². The highest BCUT2D eigenvalue weighted by molar-refractivity contribution is 7.89. The second-order valence-electron chi connectivity index (χ2n) is 5.17. The van der Waals surface area contributed by atoms with Crippen LogP contribution in [0.2, 0.25) is 0 Å². The van der Waals surface area contributed by atoms with E-state index in [1.165, 1.54) is 10.4 Å². The average molecular weight is 314 g/mol. The van der Waals surface area contributed by atoms with Gasteiger partial charge in [0.2, 0.25) is 10.0 Å². The van der Waals surface area contributed by atoms with Gasteiger partial charge in [-0.1, -0.05) is 0 Å². The summed E-state index contributed by atoms with van der Waals surface area (Å²) < 4.78 is 32.4. The van der Waals surface area contributed by atoms with Gasteiger partial charge in [0.15, 0.2) is 0 Å². The van der Waals surface area contributed by atoms with Crippen LogP contribution < -0.4 is 10.5 Å². The summed E-state index contributed by atoms with van der Waals surface area (Å²) in [5.74, 6) is 0.540. The number of hydrogen-bond acceptors (Lipinski definition) is 5. The van der Waals surface area contributed by atoms with Crippen molar-refractivity contribution in [2.75, 3.05) is 32.0 Å². The summed E-state index contributed by atoms with van der Waals surface area (Å²) in [5, 5.41) is 8.98. The second kappa shape index (κ2) is 6.64. The molecule has 0 aromatic heterocycles. The summed E-state index contributed by atoms with van der Waals surface area (Å²) in [6.45, 7) is 3.18. The summed E-state index contributed by atoms with van der Waals surface area (Å²) in [7, 11) is -3.62. The van der Waals surface area contributed by atoms with Gasteiger partial charge in [0.05, 0.1) is 6.61 Å². The van der Waals surface area contributed by atoms with Crippen LogP contribution >= 0.6 is 0 Å². The summed E-state index contributed by atoms with van der Waals surface area (Å²) in [5.41, 5.74) is 6.11. The normalized spacial score (nSPS) is 19.8. The number of sulfonamides is 1. The lowest BCUT2D eigenvalue weighted by molar-refractivity contribution is 0.259. The molecule has 0 saturated carbocycles. The van der Waals surface area contributed by atoms with E-state index in [9.17, 15) is 8.42 Å². The Morgan fingerprint density at radius 1 is 1.48 bits per heavy atom. The highest BCUT2D eigenvalue weighted by atomic mass is 32.2. The molecule has 1 aliphatic heterocycles. The lowest BCUT2D eigenvalue weighted by Gasteiger charge is -2.19. The highest BCUT2D eigenvalue weighted by Crippen LogP contribution is 2.32. The van der Waals surface area contributed by atoms with Crippen molar-refractivity contribution in [1.82, 2.24) is 4.31 Å². The molecule has 21 heavy (non-hydrogen) atoms. The first-order valence-electron chi connectivity index (χ1n) is 7.12. The van der Waals surface area contributed by atoms with Gasteiger partial charge in [0.1, 0.15) is 10.6 Å². The second-order valence-corrected chi connectivity index (χ2v) is 7.08. The Morgan fingerprint density at radius 3 is 2.90 bits per heavy atom. The van der Waals surface area contributed by atoms with E-state index in [2.05, 4.69) is 0 Å². The maximum Gasteiger partial charge on any atom is 0.246 e. The van der Waals surface area contributed by atoms with E-state index >= 15 is 0 Å². The van der Waals surface area contributed by atoms with Crippen LogP contribution in [0.4, 0.5) is 5.69 Å². The number of hydrogen-bond donors (Lipinski definition) is 2. The van der Waals surface area contributed by atoms with E-state index in [4.69, 9.17) is 15.6 Å². The molecule has 1 aromatic rings. The number of rotatable bonds is 6. The Bertz CT molecular complexity index is 589. The number of aliphatic hydroxyl groups excluding tert-OH is 1. The van der Waals surface area contributed by atoms with E-state index < -0.39 is 10.0 Å². The van der Waals surface area contributed by atoms with Crippen LogP contribution in [0.3, 0.4) is 0 Å². The molecule has 0 spiro atoms. The maximum absolute atomic E-state index is 12.8. The third-order valence-electron chi connectivity index (χ3n) is 3.67. The molecule has 7 heteroatoms. The van der Waals surface area contributed by atoms with Crippen LogP contribution in [0.25, 0.3) is 0 Å². The monoisotopic (exact) mass is 314 g/mol. The molecule has 1 fully saturated rings. The SMILES string of the molecule is CCOc1ccc(N)cc1S(=O)(=O)N1CCC(CCO)C1. The van der Waals surface area contributed by atoms with Crippen LogP contribution in [0.5, 0.6) is 5.75 Å². The van der Waals surface area contributed by atoms with Crippen LogP contribution in [-0.2, 0) is 10.0 Å². The highest BCUT2D eigenvalue weighted by Gasteiger charge is 2.34. The molecule has 1 atom stereocenters. The van der Waals surface area contributed by atoms with Gasteiger partial charge in [-0.3, -0.25) is 0 Å². The molecule has 0 radical (unpaired) electrons. The van der Waals surface area contributed by atoms with E-state index in [1.807, 2.05) is 0 Å². The molecule has 6 nitrogen and oxygen atoms in total. The van der Waals surface area contributed by atoms with Gasteiger partial charge in [-0.2, -0.15) is 4.31 Å². The minimum atomic E-state index is -3.62. The summed E-state index contributed by atoms with van der Waals surface area (Å²) in [6, 6.07) is 4.66. The van der Waals surface area contributed by atoms with E-state index in [1.54, 1.807) is 19.1 Å². The fourth-order valence-electron chi connectivity index (χ4n) is 2.57. The van der Waals surface area contributed by atoms with Crippen LogP contribution in [-0.4, -0.2) is 44.1 Å². The molecular formula is C14H22N2O4S. The number of benzene rings is 1. The Balaban J connectivity index is 2.29. The van der Waals surface area contributed by atoms with Crippen molar-refractivity contribution < 1.29 is 18.3 Å². The molecule has 2 rings (SSSR count). The van der Waals surface area contributed by atoms with Crippen molar-refractivity contribution in [2.45, 2.75) is 24.7 Å². The number of nitrogens with two attached hydrogens (primary N) is 1. The quantitative estimate of drug-likeness (QED) is 0.766. The lowest BCUT2D eigenvalue weighted by Crippen LogP contribution is -2.29. The predicted molar refractivity (Wildman–Crippen MR) is 80.6 cm³/mol. The van der Waals surface area contributed by atoms with E-state index in [0.717, 1.165) is 6.42 Å². The van der Waals surface area contributed by atoms with Crippen LogP contribution in [0, 0.1) is 5.92 Å². The van der Waals surface area contributed by atoms with Crippen molar-refractivity contribution in [3.8, 4) is 5.75 Å². The molecule has 1 heterocycles. The van der Waals surface area contributed by atoms with Crippen LogP contribution in [0.1, 0.15) is 19.8 Å². The number of nitrogen functional groups attached to an aromatic ring is 1. The zero-order valence-corrected chi connectivity index (χ0v) is 13.0. The van der Waals surface area contributed by atoms with Crippen molar-refractivity contribution in [1.29, 1.82) is 0 Å². The zero-order chi connectivity index (χ0) is 15.5. The Hall–Kier alpha value is -1.31. The van der Waals surface area contributed by atoms with Gasteiger partial charge < -0.3 is 15.6 Å². The Kier molecular flexibility index (Phi) is 5.08. The molecule has 3 N–H and O–H groups in total. The molecule has 1 aliphatic rings. The minimum absolute atomic E-state index is 0.0844. The lowest BCUT2D eigenvalue weighted by atomic mass is 10.1. The van der Waals surface area contributed by atoms with Crippen molar-refractivity contribution in [3.63, 3.8) is 0 Å². The summed E-state index contributed by atoms with van der Waals surface area (Å²) in [6.07, 6.45) is 1.40. The standard InChI is InChI=1S/C14H22N2O4S/c1-2-20-13-4-3-12(15)9-14(13)21(18,19)16-7-5-11(10-16)6-8-17/h3-4,9,11,17H,2,5-8,10,15H2,1H3. The molecule has 0 bridgehead atoms. The van der Waals surface area contributed by atoms with E-state index in [-0.39, 0.29) is 17.4 Å². The van der Waals surface area contributed by atoms with Gasteiger partial charge in [0, 0.05) is 25.4 Å². The molecule has 1 aromatic carbocycles. The third-order valence-corrected chi connectivity index (χ3v) is 5.56. The Labute approximate surface area is 125 Å². The molecule has 1 unspecified atom stereocenters. The predicted octanol–water partition coefficient (Wildman–Crippen LogP) is 1.06. The third kappa shape index (κ3) is 3.48. The zero-order valence-electron chi connectivity index (χ0n) is 12.2. The number of ether oxygens (including phenoxy) is 1. The number of aliphatic hydroxyl groups is 1. The fourth-order valence-corrected chi connectivity index (χ4v) is 4.27. The molecule has 0 aliphatic carbocycles. The first-order valence-corrected chi connectivity index (χ1v) is 8.56. The van der Waals surface area contributed by atoms with Crippen molar-refractivity contribution in [3.05, 3.63) is 18.2 Å². The molecule has 118 valence electrons. The maximum atomic E-state index is 12.8. The first-order chi connectivity index (χ1) is 9.98. The first kappa shape index (κ1) is 16.1. The average Bonchev–Trinajstić information content (AvgIpc) is 2.91. The van der Waals surface area contributed by atoms with Gasteiger partial charge in [-0.05, 0) is 43.9 Å². The number of anilines is 1. The number of nitrogens with zero attached hydrogens (tertiary/aromatic N) is 1. The summed E-state index contributed by atoms with van der Waals surface area (Å²) in [4.78, 5) is 0.119. The summed E-state index contributed by atoms with van der Waals surface area (Å²) >= 11 is 0. The molecule has 0 amide bonds. The van der Waals surface area contributed by atoms with Gasteiger partial charge in [-0.25, -0.2) is 8.42 Å². The smallest absolute Gasteiger partial charge is 0.246 e. The van der Waals surface area contributed by atoms with Gasteiger partial charge in [-0.15, -0.1) is 0 Å². The van der Waals surface area contributed by atoms with Crippen molar-refractivity contribution in [2.24, 2.45) is 5.92 Å². The van der Waals surface area contributed by atoms with Crippen molar-refractivity contribution >= 4 is 15.7 Å². The fraction of sp³-hybridized carbons (Fsp3) is 0.571. The topological polar surface area (TPSA) is 92.9 Å². The van der Waals surface area contributed by atoms with Crippen LogP contribution in [0.15, 0.2) is 23.1 Å². The molecular weight excluding hydrogens is 292 g/mol.